The van der Waals surface area contributed by atoms with E-state index in [1.807, 2.05) is 6.92 Å². The summed E-state index contributed by atoms with van der Waals surface area (Å²) in [4.78, 5) is 12.4. The lowest BCUT2D eigenvalue weighted by Gasteiger charge is -2.32. The zero-order valence-corrected chi connectivity index (χ0v) is 10.7. The summed E-state index contributed by atoms with van der Waals surface area (Å²) in [6, 6.07) is 0. The molecular formula is C14H24O2. The molecule has 92 valence electrons. The summed E-state index contributed by atoms with van der Waals surface area (Å²) in [6.07, 6.45) is 4.53. The SMILES string of the molecule is CC1CCC(C(=O)C2CCOC2C)CC1C. The van der Waals surface area contributed by atoms with Crippen molar-refractivity contribution in [3.05, 3.63) is 0 Å². The summed E-state index contributed by atoms with van der Waals surface area (Å²) >= 11 is 0. The van der Waals surface area contributed by atoms with E-state index in [1.165, 1.54) is 6.42 Å². The summed E-state index contributed by atoms with van der Waals surface area (Å²) in [5, 5.41) is 0. The van der Waals surface area contributed by atoms with E-state index in [-0.39, 0.29) is 12.0 Å². The van der Waals surface area contributed by atoms with Crippen LogP contribution in [0, 0.1) is 23.7 Å². The van der Waals surface area contributed by atoms with Crippen LogP contribution in [0.3, 0.4) is 0 Å². The van der Waals surface area contributed by atoms with Crippen LogP contribution in [0.5, 0.6) is 0 Å². The third-order valence-corrected chi connectivity index (χ3v) is 4.74. The largest absolute Gasteiger partial charge is 0.378 e. The molecule has 16 heavy (non-hydrogen) atoms. The highest BCUT2D eigenvalue weighted by Gasteiger charge is 2.37. The van der Waals surface area contributed by atoms with Crippen molar-refractivity contribution in [3.63, 3.8) is 0 Å². The van der Waals surface area contributed by atoms with Crippen molar-refractivity contribution in [3.8, 4) is 0 Å². The van der Waals surface area contributed by atoms with E-state index in [4.69, 9.17) is 4.74 Å². The molecule has 0 spiro atoms. The molecule has 1 aliphatic carbocycles. The van der Waals surface area contributed by atoms with E-state index in [2.05, 4.69) is 13.8 Å². The highest BCUT2D eigenvalue weighted by Crippen LogP contribution is 2.37. The Bertz CT molecular complexity index is 261. The summed E-state index contributed by atoms with van der Waals surface area (Å²) in [7, 11) is 0. The van der Waals surface area contributed by atoms with Crippen LogP contribution in [0.15, 0.2) is 0 Å². The second kappa shape index (κ2) is 4.87. The van der Waals surface area contributed by atoms with E-state index in [0.717, 1.165) is 31.8 Å². The van der Waals surface area contributed by atoms with Crippen LogP contribution in [0.25, 0.3) is 0 Å². The fourth-order valence-electron chi connectivity index (χ4n) is 3.21. The highest BCUT2D eigenvalue weighted by molar-refractivity contribution is 5.84. The zero-order chi connectivity index (χ0) is 11.7. The lowest BCUT2D eigenvalue weighted by molar-refractivity contribution is -0.130. The van der Waals surface area contributed by atoms with Gasteiger partial charge in [0, 0.05) is 18.4 Å². The molecule has 5 atom stereocenters. The Hall–Kier alpha value is -0.370. The molecule has 1 aliphatic heterocycles. The standard InChI is InChI=1S/C14H24O2/c1-9-4-5-12(8-10(9)2)14(15)13-6-7-16-11(13)3/h9-13H,4-8H2,1-3H3. The van der Waals surface area contributed by atoms with Crippen LogP contribution in [-0.4, -0.2) is 18.5 Å². The second-order valence-corrected chi connectivity index (χ2v) is 5.84. The van der Waals surface area contributed by atoms with Gasteiger partial charge in [0.1, 0.15) is 5.78 Å². The Labute approximate surface area is 98.7 Å². The topological polar surface area (TPSA) is 26.3 Å². The van der Waals surface area contributed by atoms with Gasteiger partial charge in [-0.15, -0.1) is 0 Å². The van der Waals surface area contributed by atoms with E-state index in [0.29, 0.717) is 17.6 Å². The number of hydrogen-bond donors (Lipinski definition) is 0. The third kappa shape index (κ3) is 2.32. The second-order valence-electron chi connectivity index (χ2n) is 5.84. The average molecular weight is 224 g/mol. The van der Waals surface area contributed by atoms with Crippen molar-refractivity contribution in [1.29, 1.82) is 0 Å². The number of rotatable bonds is 2. The van der Waals surface area contributed by atoms with Crippen molar-refractivity contribution in [1.82, 2.24) is 0 Å². The van der Waals surface area contributed by atoms with E-state index in [9.17, 15) is 4.79 Å². The van der Waals surface area contributed by atoms with Gasteiger partial charge >= 0.3 is 0 Å². The van der Waals surface area contributed by atoms with Gasteiger partial charge < -0.3 is 4.74 Å². The molecule has 0 N–H and O–H groups in total. The third-order valence-electron chi connectivity index (χ3n) is 4.74. The quantitative estimate of drug-likeness (QED) is 0.720. The molecule has 2 fully saturated rings. The fourth-order valence-corrected chi connectivity index (χ4v) is 3.21. The fraction of sp³-hybridized carbons (Fsp3) is 0.929. The molecule has 0 aromatic rings. The van der Waals surface area contributed by atoms with Crippen LogP contribution in [0.4, 0.5) is 0 Å². The maximum atomic E-state index is 12.4. The smallest absolute Gasteiger partial charge is 0.141 e. The summed E-state index contributed by atoms with van der Waals surface area (Å²) in [5.74, 6) is 2.50. The van der Waals surface area contributed by atoms with Gasteiger partial charge in [0.25, 0.3) is 0 Å². The van der Waals surface area contributed by atoms with Crippen molar-refractivity contribution >= 4 is 5.78 Å². The van der Waals surface area contributed by atoms with Crippen LogP contribution in [0.1, 0.15) is 46.5 Å². The van der Waals surface area contributed by atoms with E-state index < -0.39 is 0 Å². The molecule has 0 aromatic carbocycles. The predicted molar refractivity (Wildman–Crippen MR) is 64.2 cm³/mol. The first kappa shape index (κ1) is 12.1. The van der Waals surface area contributed by atoms with Gasteiger partial charge in [-0.2, -0.15) is 0 Å². The summed E-state index contributed by atoms with van der Waals surface area (Å²) in [5.41, 5.74) is 0. The number of carbonyl (C=O) groups excluding carboxylic acids is 1. The first-order valence-electron chi connectivity index (χ1n) is 6.75. The van der Waals surface area contributed by atoms with Crippen LogP contribution in [-0.2, 0) is 9.53 Å². The average Bonchev–Trinajstić information content (AvgIpc) is 2.67. The van der Waals surface area contributed by atoms with Gasteiger partial charge in [0.05, 0.1) is 6.10 Å². The molecule has 2 nitrogen and oxygen atoms in total. The molecule has 0 aromatic heterocycles. The zero-order valence-electron chi connectivity index (χ0n) is 10.7. The monoisotopic (exact) mass is 224 g/mol. The molecule has 0 radical (unpaired) electrons. The van der Waals surface area contributed by atoms with Gasteiger partial charge in [-0.1, -0.05) is 13.8 Å². The van der Waals surface area contributed by atoms with Crippen molar-refractivity contribution in [2.24, 2.45) is 23.7 Å². The lowest BCUT2D eigenvalue weighted by Crippen LogP contribution is -2.33. The minimum Gasteiger partial charge on any atom is -0.378 e. The molecule has 1 saturated carbocycles. The number of carbonyl (C=O) groups is 1. The first-order chi connectivity index (χ1) is 7.59. The first-order valence-corrected chi connectivity index (χ1v) is 6.75. The molecule has 2 rings (SSSR count). The molecule has 0 amide bonds. The Morgan fingerprint density at radius 2 is 1.81 bits per heavy atom. The van der Waals surface area contributed by atoms with Gasteiger partial charge in [-0.05, 0) is 44.4 Å². The van der Waals surface area contributed by atoms with Gasteiger partial charge in [0.15, 0.2) is 0 Å². The normalized spacial score (nSPS) is 44.6. The lowest BCUT2D eigenvalue weighted by atomic mass is 9.72. The number of ketones is 1. The Morgan fingerprint density at radius 1 is 1.06 bits per heavy atom. The molecule has 2 heteroatoms. The molecule has 5 unspecified atom stereocenters. The number of Topliss-reactive ketones (excluding diaryl/α,β-unsaturated/α-hetero) is 1. The van der Waals surface area contributed by atoms with Crippen LogP contribution in [0.2, 0.25) is 0 Å². The highest BCUT2D eigenvalue weighted by atomic mass is 16.5. The Kier molecular flexibility index (Phi) is 3.68. The van der Waals surface area contributed by atoms with E-state index >= 15 is 0 Å². The van der Waals surface area contributed by atoms with Crippen molar-refractivity contribution in [2.45, 2.75) is 52.6 Å². The molecule has 2 aliphatic rings. The predicted octanol–water partition coefficient (Wildman–Crippen LogP) is 3.05. The molecule has 1 heterocycles. The maximum absolute atomic E-state index is 12.4. The minimum absolute atomic E-state index is 0.155. The van der Waals surface area contributed by atoms with Crippen molar-refractivity contribution < 1.29 is 9.53 Å². The molecule has 1 saturated heterocycles. The minimum atomic E-state index is 0.155. The van der Waals surface area contributed by atoms with Gasteiger partial charge in [-0.25, -0.2) is 0 Å². The van der Waals surface area contributed by atoms with Gasteiger partial charge in [0.2, 0.25) is 0 Å². The molecule has 0 bridgehead atoms. The van der Waals surface area contributed by atoms with E-state index in [1.54, 1.807) is 0 Å². The van der Waals surface area contributed by atoms with Gasteiger partial charge in [-0.3, -0.25) is 4.79 Å². The Morgan fingerprint density at radius 3 is 2.38 bits per heavy atom. The summed E-state index contributed by atoms with van der Waals surface area (Å²) in [6.45, 7) is 7.42. The maximum Gasteiger partial charge on any atom is 0.141 e. The van der Waals surface area contributed by atoms with Crippen LogP contribution < -0.4 is 0 Å². The number of hydrogen-bond acceptors (Lipinski definition) is 2. The molecular weight excluding hydrogens is 200 g/mol. The van der Waals surface area contributed by atoms with Crippen molar-refractivity contribution in [2.75, 3.05) is 6.61 Å². The number of ether oxygens (including phenoxy) is 1. The Balaban J connectivity index is 1.95. The summed E-state index contributed by atoms with van der Waals surface area (Å²) < 4.78 is 5.50. The van der Waals surface area contributed by atoms with Crippen LogP contribution >= 0.6 is 0 Å².